The number of non-ortho nitro benzene ring substituents is 1. The van der Waals surface area contributed by atoms with Crippen LogP contribution in [0.25, 0.3) is 16.7 Å². The Bertz CT molecular complexity index is 831. The van der Waals surface area contributed by atoms with Crippen molar-refractivity contribution in [2.24, 2.45) is 0 Å². The topological polar surface area (TPSA) is 110 Å². The van der Waals surface area contributed by atoms with Gasteiger partial charge in [0.15, 0.2) is 5.65 Å². The van der Waals surface area contributed by atoms with E-state index in [0.717, 1.165) is 0 Å². The number of benzene rings is 1. The molecule has 0 bridgehead atoms. The molecule has 0 aliphatic heterocycles. The van der Waals surface area contributed by atoms with E-state index in [4.69, 9.17) is 5.26 Å². The molecule has 18 heavy (non-hydrogen) atoms. The lowest BCUT2D eigenvalue weighted by molar-refractivity contribution is -0.384. The molecule has 3 rings (SSSR count). The standard InChI is InChI=1S/C10H4N6O2/c11-4-6-5-12-15-9-2-1-7(16(17)18)3-8(9)13-14-10(6)15/h1-3,5H. The van der Waals surface area contributed by atoms with Crippen molar-refractivity contribution in [3.05, 3.63) is 40.1 Å². The van der Waals surface area contributed by atoms with Crippen LogP contribution in [-0.4, -0.2) is 24.7 Å². The van der Waals surface area contributed by atoms with Crippen LogP contribution in [0.3, 0.4) is 0 Å². The zero-order valence-electron chi connectivity index (χ0n) is 8.81. The smallest absolute Gasteiger partial charge is 0.258 e. The predicted octanol–water partition coefficient (Wildman–Crippen LogP) is 1.06. The highest BCUT2D eigenvalue weighted by atomic mass is 16.6. The summed E-state index contributed by atoms with van der Waals surface area (Å²) in [5, 5.41) is 31.2. The summed E-state index contributed by atoms with van der Waals surface area (Å²) in [5.41, 5.74) is 1.49. The van der Waals surface area contributed by atoms with Crippen molar-refractivity contribution >= 4 is 22.4 Å². The largest absolute Gasteiger partial charge is 0.271 e. The molecule has 0 saturated heterocycles. The molecule has 2 aromatic heterocycles. The van der Waals surface area contributed by atoms with E-state index < -0.39 is 4.92 Å². The summed E-state index contributed by atoms with van der Waals surface area (Å²) in [6, 6.07) is 6.15. The molecule has 2 heterocycles. The lowest BCUT2D eigenvalue weighted by Crippen LogP contribution is -1.97. The zero-order chi connectivity index (χ0) is 12.7. The van der Waals surface area contributed by atoms with E-state index in [1.165, 1.54) is 28.9 Å². The van der Waals surface area contributed by atoms with Gasteiger partial charge in [0.25, 0.3) is 5.69 Å². The molecule has 3 aromatic rings. The molecular weight excluding hydrogens is 236 g/mol. The van der Waals surface area contributed by atoms with Crippen LogP contribution in [0.2, 0.25) is 0 Å². The fraction of sp³-hybridized carbons (Fsp3) is 0. The van der Waals surface area contributed by atoms with E-state index in [1.807, 2.05) is 6.07 Å². The van der Waals surface area contributed by atoms with Crippen molar-refractivity contribution in [2.75, 3.05) is 0 Å². The van der Waals surface area contributed by atoms with Crippen LogP contribution in [0.15, 0.2) is 24.4 Å². The fourth-order valence-corrected chi connectivity index (χ4v) is 1.68. The van der Waals surface area contributed by atoms with Gasteiger partial charge >= 0.3 is 0 Å². The molecule has 0 spiro atoms. The lowest BCUT2D eigenvalue weighted by atomic mass is 10.2. The monoisotopic (exact) mass is 240 g/mol. The second-order valence-corrected chi connectivity index (χ2v) is 3.54. The Morgan fingerprint density at radius 1 is 1.39 bits per heavy atom. The summed E-state index contributed by atoms with van der Waals surface area (Å²) in [5.74, 6) is 0. The third-order valence-electron chi connectivity index (χ3n) is 2.51. The van der Waals surface area contributed by atoms with Crippen molar-refractivity contribution in [2.45, 2.75) is 0 Å². The maximum Gasteiger partial charge on any atom is 0.271 e. The number of nitro benzene ring substituents is 1. The molecule has 8 nitrogen and oxygen atoms in total. The summed E-state index contributed by atoms with van der Waals surface area (Å²) >= 11 is 0. The molecule has 8 heteroatoms. The molecule has 86 valence electrons. The average Bonchev–Trinajstić information content (AvgIpc) is 2.81. The molecule has 0 unspecified atom stereocenters. The van der Waals surface area contributed by atoms with Gasteiger partial charge in [0.05, 0.1) is 16.6 Å². The van der Waals surface area contributed by atoms with Crippen molar-refractivity contribution in [1.82, 2.24) is 19.8 Å². The third kappa shape index (κ3) is 1.28. The molecule has 0 amide bonds. The Kier molecular flexibility index (Phi) is 1.94. The molecule has 0 fully saturated rings. The summed E-state index contributed by atoms with van der Waals surface area (Å²) in [4.78, 5) is 10.1. The predicted molar refractivity (Wildman–Crippen MR) is 59.7 cm³/mol. The Morgan fingerprint density at radius 2 is 2.22 bits per heavy atom. The normalized spacial score (nSPS) is 10.6. The lowest BCUT2D eigenvalue weighted by Gasteiger charge is -1.99. The fourth-order valence-electron chi connectivity index (χ4n) is 1.68. The highest BCUT2D eigenvalue weighted by Gasteiger charge is 2.12. The highest BCUT2D eigenvalue weighted by molar-refractivity contribution is 5.79. The quantitative estimate of drug-likeness (QED) is 0.464. The maximum absolute atomic E-state index is 10.7. The molecule has 1 aromatic carbocycles. The first-order valence-electron chi connectivity index (χ1n) is 4.89. The van der Waals surface area contributed by atoms with Crippen LogP contribution in [0.4, 0.5) is 5.69 Å². The average molecular weight is 240 g/mol. The Hall–Kier alpha value is -3.08. The number of hydrogen-bond acceptors (Lipinski definition) is 6. The van der Waals surface area contributed by atoms with Gasteiger partial charge in [0.1, 0.15) is 17.1 Å². The van der Waals surface area contributed by atoms with Crippen LogP contribution in [0.1, 0.15) is 5.56 Å². The summed E-state index contributed by atoms with van der Waals surface area (Å²) < 4.78 is 1.44. The zero-order valence-corrected chi connectivity index (χ0v) is 8.81. The number of nitrogens with zero attached hydrogens (tertiary/aromatic N) is 6. The minimum Gasteiger partial charge on any atom is -0.258 e. The van der Waals surface area contributed by atoms with Crippen LogP contribution in [0.5, 0.6) is 0 Å². The Morgan fingerprint density at radius 3 is 2.94 bits per heavy atom. The van der Waals surface area contributed by atoms with E-state index >= 15 is 0 Å². The van der Waals surface area contributed by atoms with E-state index in [-0.39, 0.29) is 5.69 Å². The molecule has 0 aliphatic carbocycles. The van der Waals surface area contributed by atoms with Gasteiger partial charge in [-0.2, -0.15) is 10.4 Å². The number of fused-ring (bicyclic) bond motifs is 3. The molecule has 0 radical (unpaired) electrons. The van der Waals surface area contributed by atoms with Gasteiger partial charge < -0.3 is 0 Å². The van der Waals surface area contributed by atoms with Gasteiger partial charge in [-0.05, 0) is 6.07 Å². The van der Waals surface area contributed by atoms with Crippen LogP contribution < -0.4 is 0 Å². The van der Waals surface area contributed by atoms with E-state index in [2.05, 4.69) is 15.3 Å². The Labute approximate surface area is 99.2 Å². The van der Waals surface area contributed by atoms with Gasteiger partial charge in [-0.3, -0.25) is 10.1 Å². The van der Waals surface area contributed by atoms with Gasteiger partial charge in [0, 0.05) is 12.1 Å². The van der Waals surface area contributed by atoms with Crippen molar-refractivity contribution < 1.29 is 4.92 Å². The van der Waals surface area contributed by atoms with E-state index in [0.29, 0.717) is 22.2 Å². The minimum atomic E-state index is -0.505. The van der Waals surface area contributed by atoms with Gasteiger partial charge in [-0.1, -0.05) is 0 Å². The van der Waals surface area contributed by atoms with Crippen molar-refractivity contribution in [3.63, 3.8) is 0 Å². The first-order chi connectivity index (χ1) is 8.70. The number of nitro groups is 1. The number of aromatic nitrogens is 4. The van der Waals surface area contributed by atoms with Gasteiger partial charge in [0.2, 0.25) is 0 Å². The van der Waals surface area contributed by atoms with Gasteiger partial charge in [-0.25, -0.2) is 4.52 Å². The van der Waals surface area contributed by atoms with Crippen molar-refractivity contribution in [1.29, 1.82) is 5.26 Å². The molecule has 0 atom stereocenters. The number of hydrogen-bond donors (Lipinski definition) is 0. The van der Waals surface area contributed by atoms with Crippen LogP contribution in [-0.2, 0) is 0 Å². The highest BCUT2D eigenvalue weighted by Crippen LogP contribution is 2.19. The van der Waals surface area contributed by atoms with Crippen LogP contribution >= 0.6 is 0 Å². The Balaban J connectivity index is 2.39. The molecular formula is C10H4N6O2. The summed E-state index contributed by atoms with van der Waals surface area (Å²) in [6.07, 6.45) is 1.38. The third-order valence-corrected chi connectivity index (χ3v) is 2.51. The number of rotatable bonds is 1. The molecule has 0 saturated carbocycles. The minimum absolute atomic E-state index is 0.0659. The van der Waals surface area contributed by atoms with E-state index in [1.54, 1.807) is 0 Å². The summed E-state index contributed by atoms with van der Waals surface area (Å²) in [7, 11) is 0. The van der Waals surface area contributed by atoms with Crippen molar-refractivity contribution in [3.8, 4) is 6.07 Å². The van der Waals surface area contributed by atoms with Gasteiger partial charge in [-0.15, -0.1) is 10.2 Å². The van der Waals surface area contributed by atoms with Crippen LogP contribution in [0, 0.1) is 21.4 Å². The second kappa shape index (κ2) is 3.46. The SMILES string of the molecule is N#Cc1cnn2c1nnc1cc([N+](=O)[O-])ccc12. The first kappa shape index (κ1) is 10.1. The number of nitriles is 1. The van der Waals surface area contributed by atoms with E-state index in [9.17, 15) is 10.1 Å². The maximum atomic E-state index is 10.7. The second-order valence-electron chi connectivity index (χ2n) is 3.54. The summed E-state index contributed by atoms with van der Waals surface area (Å²) in [6.45, 7) is 0. The first-order valence-corrected chi connectivity index (χ1v) is 4.89. The molecule has 0 N–H and O–H groups in total. The molecule has 0 aliphatic rings.